The number of nitrogens with one attached hydrogen (secondary N) is 1. The van der Waals surface area contributed by atoms with Gasteiger partial charge in [-0.3, -0.25) is 4.79 Å². The summed E-state index contributed by atoms with van der Waals surface area (Å²) in [5.41, 5.74) is 0.0402. The van der Waals surface area contributed by atoms with Crippen molar-refractivity contribution in [1.82, 2.24) is 5.32 Å². The maximum Gasteiger partial charge on any atom is 0.224 e. The first kappa shape index (κ1) is 13.0. The van der Waals surface area contributed by atoms with Gasteiger partial charge in [0.15, 0.2) is 11.6 Å². The highest BCUT2D eigenvalue weighted by Crippen LogP contribution is 2.25. The Hall–Kier alpha value is -1.49. The molecule has 2 rings (SSSR count). The van der Waals surface area contributed by atoms with Gasteiger partial charge in [0.25, 0.3) is 0 Å². The van der Waals surface area contributed by atoms with Crippen LogP contribution in [0.2, 0.25) is 0 Å². The van der Waals surface area contributed by atoms with Crippen LogP contribution < -0.4 is 5.32 Å². The lowest BCUT2D eigenvalue weighted by atomic mass is 9.89. The van der Waals surface area contributed by atoms with Gasteiger partial charge < -0.3 is 10.1 Å². The normalized spacial score (nSPS) is 17.1. The molecule has 1 fully saturated rings. The maximum absolute atomic E-state index is 13.3. The van der Waals surface area contributed by atoms with E-state index in [1.54, 1.807) is 0 Å². The fourth-order valence-electron chi connectivity index (χ4n) is 1.79. The SMILES string of the molecule is CC1(CNC(=O)Cc2cccc(F)c2F)COC1. The molecule has 0 radical (unpaired) electrons. The molecule has 1 heterocycles. The molecule has 1 aliphatic rings. The van der Waals surface area contributed by atoms with Gasteiger partial charge in [0.1, 0.15) is 0 Å². The van der Waals surface area contributed by atoms with Crippen LogP contribution in [0.5, 0.6) is 0 Å². The molecular weight excluding hydrogens is 240 g/mol. The molecule has 1 amide bonds. The van der Waals surface area contributed by atoms with Crippen molar-refractivity contribution in [2.24, 2.45) is 5.41 Å². The zero-order valence-electron chi connectivity index (χ0n) is 10.1. The van der Waals surface area contributed by atoms with Crippen LogP contribution in [0, 0.1) is 17.0 Å². The number of rotatable bonds is 4. The van der Waals surface area contributed by atoms with Gasteiger partial charge in [0.05, 0.1) is 19.6 Å². The summed E-state index contributed by atoms with van der Waals surface area (Å²) < 4.78 is 31.3. The Kier molecular flexibility index (Phi) is 3.61. The van der Waals surface area contributed by atoms with Gasteiger partial charge in [0.2, 0.25) is 5.91 Å². The molecule has 5 heteroatoms. The van der Waals surface area contributed by atoms with Crippen molar-refractivity contribution in [3.8, 4) is 0 Å². The van der Waals surface area contributed by atoms with Gasteiger partial charge in [-0.15, -0.1) is 0 Å². The largest absolute Gasteiger partial charge is 0.380 e. The zero-order chi connectivity index (χ0) is 13.2. The van der Waals surface area contributed by atoms with Gasteiger partial charge in [-0.05, 0) is 6.07 Å². The summed E-state index contributed by atoms with van der Waals surface area (Å²) in [4.78, 5) is 11.6. The third-order valence-corrected chi connectivity index (χ3v) is 3.00. The molecule has 0 saturated carbocycles. The lowest BCUT2D eigenvalue weighted by Crippen LogP contribution is -2.48. The molecule has 1 aromatic carbocycles. The van der Waals surface area contributed by atoms with Crippen LogP contribution in [0.4, 0.5) is 8.78 Å². The van der Waals surface area contributed by atoms with Crippen LogP contribution in [-0.2, 0) is 16.0 Å². The van der Waals surface area contributed by atoms with E-state index in [-0.39, 0.29) is 23.3 Å². The minimum atomic E-state index is -0.953. The third-order valence-electron chi connectivity index (χ3n) is 3.00. The van der Waals surface area contributed by atoms with Gasteiger partial charge in [0, 0.05) is 17.5 Å². The second-order valence-electron chi connectivity index (χ2n) is 4.97. The first-order valence-corrected chi connectivity index (χ1v) is 5.77. The van der Waals surface area contributed by atoms with Crippen molar-refractivity contribution >= 4 is 5.91 Å². The Bertz CT molecular complexity index is 458. The number of carbonyl (C=O) groups excluding carboxylic acids is 1. The van der Waals surface area contributed by atoms with Crippen molar-refractivity contribution in [2.45, 2.75) is 13.3 Å². The molecular formula is C13H15F2NO2. The molecule has 0 atom stereocenters. The Morgan fingerprint density at radius 3 is 2.78 bits per heavy atom. The van der Waals surface area contributed by atoms with E-state index in [1.165, 1.54) is 12.1 Å². The van der Waals surface area contributed by atoms with E-state index in [0.717, 1.165) is 6.07 Å². The number of halogens is 2. The van der Waals surface area contributed by atoms with Crippen molar-refractivity contribution in [3.05, 3.63) is 35.4 Å². The van der Waals surface area contributed by atoms with Crippen LogP contribution in [0.3, 0.4) is 0 Å². The number of amides is 1. The summed E-state index contributed by atoms with van der Waals surface area (Å²) in [6, 6.07) is 3.83. The summed E-state index contributed by atoms with van der Waals surface area (Å²) in [7, 11) is 0. The number of benzene rings is 1. The second kappa shape index (κ2) is 5.02. The first-order valence-electron chi connectivity index (χ1n) is 5.77. The molecule has 1 aromatic rings. The standard InChI is InChI=1S/C13H15F2NO2/c1-13(7-18-8-13)6-16-11(17)5-9-3-2-4-10(14)12(9)15/h2-4H,5-8H2,1H3,(H,16,17). The monoisotopic (exact) mass is 255 g/mol. The predicted molar refractivity (Wildman–Crippen MR) is 62.0 cm³/mol. The van der Waals surface area contributed by atoms with E-state index in [1.807, 2.05) is 6.92 Å². The minimum absolute atomic E-state index is 0.0316. The van der Waals surface area contributed by atoms with Crippen LogP contribution in [-0.4, -0.2) is 25.7 Å². The molecule has 18 heavy (non-hydrogen) atoms. The highest BCUT2D eigenvalue weighted by molar-refractivity contribution is 5.78. The summed E-state index contributed by atoms with van der Waals surface area (Å²) in [6.07, 6.45) is -0.152. The maximum atomic E-state index is 13.3. The molecule has 0 aliphatic carbocycles. The van der Waals surface area contributed by atoms with Crippen LogP contribution in [0.15, 0.2) is 18.2 Å². The average Bonchev–Trinajstić information content (AvgIpc) is 2.30. The minimum Gasteiger partial charge on any atom is -0.380 e. The van der Waals surface area contributed by atoms with E-state index in [9.17, 15) is 13.6 Å². The number of hydrogen-bond donors (Lipinski definition) is 1. The lowest BCUT2D eigenvalue weighted by Gasteiger charge is -2.38. The topological polar surface area (TPSA) is 38.3 Å². The molecule has 0 spiro atoms. The average molecular weight is 255 g/mol. The molecule has 0 aromatic heterocycles. The molecule has 1 saturated heterocycles. The number of hydrogen-bond acceptors (Lipinski definition) is 2. The molecule has 0 unspecified atom stereocenters. The van der Waals surface area contributed by atoms with E-state index in [4.69, 9.17) is 4.74 Å². The van der Waals surface area contributed by atoms with Crippen molar-refractivity contribution in [2.75, 3.05) is 19.8 Å². The zero-order valence-corrected chi connectivity index (χ0v) is 10.1. The van der Waals surface area contributed by atoms with E-state index in [0.29, 0.717) is 19.8 Å². The number of carbonyl (C=O) groups is 1. The fourth-order valence-corrected chi connectivity index (χ4v) is 1.79. The van der Waals surface area contributed by atoms with E-state index < -0.39 is 11.6 Å². The summed E-state index contributed by atoms with van der Waals surface area (Å²) in [5.74, 6) is -2.20. The predicted octanol–water partition coefficient (Wildman–Crippen LogP) is 1.66. The van der Waals surface area contributed by atoms with Gasteiger partial charge in [-0.2, -0.15) is 0 Å². The van der Waals surface area contributed by atoms with Crippen LogP contribution in [0.1, 0.15) is 12.5 Å². The summed E-state index contributed by atoms with van der Waals surface area (Å²) in [5, 5.41) is 2.71. The molecule has 3 nitrogen and oxygen atoms in total. The van der Waals surface area contributed by atoms with E-state index >= 15 is 0 Å². The summed E-state index contributed by atoms with van der Waals surface area (Å²) >= 11 is 0. The molecule has 1 aliphatic heterocycles. The van der Waals surface area contributed by atoms with Gasteiger partial charge in [-0.1, -0.05) is 19.1 Å². The second-order valence-corrected chi connectivity index (χ2v) is 4.97. The Labute approximate surface area is 104 Å². The van der Waals surface area contributed by atoms with Gasteiger partial charge in [-0.25, -0.2) is 8.78 Å². The highest BCUT2D eigenvalue weighted by atomic mass is 19.2. The smallest absolute Gasteiger partial charge is 0.224 e. The van der Waals surface area contributed by atoms with Crippen molar-refractivity contribution in [1.29, 1.82) is 0 Å². The summed E-state index contributed by atoms with van der Waals surface area (Å²) in [6.45, 7) is 3.71. The molecule has 1 N–H and O–H groups in total. The Morgan fingerprint density at radius 2 is 2.17 bits per heavy atom. The van der Waals surface area contributed by atoms with Crippen molar-refractivity contribution < 1.29 is 18.3 Å². The van der Waals surface area contributed by atoms with Crippen LogP contribution >= 0.6 is 0 Å². The molecule has 0 bridgehead atoms. The molecule has 98 valence electrons. The van der Waals surface area contributed by atoms with E-state index in [2.05, 4.69) is 5.32 Å². The third kappa shape index (κ3) is 2.85. The lowest BCUT2D eigenvalue weighted by molar-refractivity contribution is -0.126. The number of ether oxygens (including phenoxy) is 1. The first-order chi connectivity index (χ1) is 8.50. The Morgan fingerprint density at radius 1 is 1.44 bits per heavy atom. The van der Waals surface area contributed by atoms with Gasteiger partial charge >= 0.3 is 0 Å². The Balaban J connectivity index is 1.89. The highest BCUT2D eigenvalue weighted by Gasteiger charge is 2.33. The fraction of sp³-hybridized carbons (Fsp3) is 0.462. The van der Waals surface area contributed by atoms with Crippen LogP contribution in [0.25, 0.3) is 0 Å². The quantitative estimate of drug-likeness (QED) is 0.888. The van der Waals surface area contributed by atoms with Crippen molar-refractivity contribution in [3.63, 3.8) is 0 Å².